The highest BCUT2D eigenvalue weighted by Gasteiger charge is 2.13. The molecule has 0 aromatic carbocycles. The molecule has 0 aliphatic carbocycles. The molecule has 0 fully saturated rings. The molecule has 2 atom stereocenters. The minimum Gasteiger partial charge on any atom is -0.375 e. The summed E-state index contributed by atoms with van der Waals surface area (Å²) in [6.07, 6.45) is 46.3. The summed E-state index contributed by atoms with van der Waals surface area (Å²) < 4.78 is 6.58. The molecule has 1 heteroatoms. The summed E-state index contributed by atoms with van der Waals surface area (Å²) >= 11 is 0. The van der Waals surface area contributed by atoms with Crippen molar-refractivity contribution < 1.29 is 4.74 Å². The highest BCUT2D eigenvalue weighted by atomic mass is 16.5. The van der Waals surface area contributed by atoms with Crippen LogP contribution >= 0.6 is 0 Å². The average Bonchev–Trinajstić information content (AvgIpc) is 2.95. The van der Waals surface area contributed by atoms with E-state index in [4.69, 9.17) is 4.74 Å². The Labute approximate surface area is 249 Å². The summed E-state index contributed by atoms with van der Waals surface area (Å²) in [6.45, 7) is 9.27. The Morgan fingerprint density at radius 1 is 0.282 bits per heavy atom. The minimum absolute atomic E-state index is 0.499. The highest BCUT2D eigenvalue weighted by molar-refractivity contribution is 4.63. The second-order valence-electron chi connectivity index (χ2n) is 13.0. The van der Waals surface area contributed by atoms with E-state index in [1.165, 1.54) is 205 Å². The van der Waals surface area contributed by atoms with Crippen molar-refractivity contribution in [3.8, 4) is 0 Å². The molecule has 0 aliphatic heterocycles. The van der Waals surface area contributed by atoms with Crippen molar-refractivity contribution in [2.45, 2.75) is 245 Å². The van der Waals surface area contributed by atoms with E-state index in [0.717, 1.165) is 0 Å². The third kappa shape index (κ3) is 30.7. The van der Waals surface area contributed by atoms with Gasteiger partial charge in [0.1, 0.15) is 0 Å². The van der Waals surface area contributed by atoms with Crippen LogP contribution < -0.4 is 0 Å². The molecule has 0 aliphatic rings. The zero-order valence-corrected chi connectivity index (χ0v) is 28.2. The van der Waals surface area contributed by atoms with Crippen molar-refractivity contribution in [1.29, 1.82) is 0 Å². The smallest absolute Gasteiger partial charge is 0.0576 e. The number of hydrogen-bond acceptors (Lipinski definition) is 1. The van der Waals surface area contributed by atoms with Gasteiger partial charge in [-0.05, 0) is 25.7 Å². The van der Waals surface area contributed by atoms with Crippen LogP contribution in [0.3, 0.4) is 0 Å². The Kier molecular flexibility index (Phi) is 34.1. The van der Waals surface area contributed by atoms with E-state index in [-0.39, 0.29) is 0 Å². The zero-order valence-electron chi connectivity index (χ0n) is 28.2. The van der Waals surface area contributed by atoms with Crippen molar-refractivity contribution in [2.24, 2.45) is 0 Å². The van der Waals surface area contributed by atoms with Gasteiger partial charge in [0.15, 0.2) is 0 Å². The normalized spacial score (nSPS) is 13.2. The number of hydrogen-bond donors (Lipinski definition) is 0. The van der Waals surface area contributed by atoms with Gasteiger partial charge in [0.05, 0.1) is 12.2 Å². The lowest BCUT2D eigenvalue weighted by atomic mass is 10.0. The molecule has 0 radical (unpaired) electrons. The molecule has 0 amide bonds. The largest absolute Gasteiger partial charge is 0.375 e. The molecule has 39 heavy (non-hydrogen) atoms. The number of ether oxygens (including phenoxy) is 1. The molecule has 1 nitrogen and oxygen atoms in total. The third-order valence-electron chi connectivity index (χ3n) is 9.05. The van der Waals surface area contributed by atoms with Gasteiger partial charge < -0.3 is 4.74 Å². The predicted octanol–water partition coefficient (Wildman–Crippen LogP) is 14.3. The quantitative estimate of drug-likeness (QED) is 0.0724. The lowest BCUT2D eigenvalue weighted by Crippen LogP contribution is -2.21. The Morgan fingerprint density at radius 2 is 0.487 bits per heavy atom. The molecular formula is C38H78O. The molecule has 0 aromatic rings. The van der Waals surface area contributed by atoms with Crippen LogP contribution in [0.15, 0.2) is 0 Å². The summed E-state index contributed by atoms with van der Waals surface area (Å²) in [6, 6.07) is 0. The van der Waals surface area contributed by atoms with E-state index in [0.29, 0.717) is 12.2 Å². The molecule has 0 aromatic heterocycles. The minimum atomic E-state index is 0.499. The molecule has 0 saturated heterocycles. The van der Waals surface area contributed by atoms with Gasteiger partial charge in [0.25, 0.3) is 0 Å². The predicted molar refractivity (Wildman–Crippen MR) is 179 cm³/mol. The molecule has 0 bridgehead atoms. The maximum Gasteiger partial charge on any atom is 0.0576 e. The monoisotopic (exact) mass is 551 g/mol. The topological polar surface area (TPSA) is 9.23 Å². The fourth-order valence-corrected chi connectivity index (χ4v) is 6.14. The van der Waals surface area contributed by atoms with Gasteiger partial charge in [-0.2, -0.15) is 0 Å². The summed E-state index contributed by atoms with van der Waals surface area (Å²) in [4.78, 5) is 0. The fraction of sp³-hybridized carbons (Fsp3) is 1.00. The Hall–Kier alpha value is -0.0400. The molecule has 0 spiro atoms. The SMILES string of the molecule is CCCCCCCCCCCCCCCCC(CC)OC(CC)CCCCCCCCCCCCCCCC. The Bertz CT molecular complexity index is 381. The van der Waals surface area contributed by atoms with Gasteiger partial charge in [-0.1, -0.05) is 207 Å². The first-order valence-electron chi connectivity index (χ1n) is 18.9. The van der Waals surface area contributed by atoms with Crippen LogP contribution in [0.4, 0.5) is 0 Å². The van der Waals surface area contributed by atoms with Crippen molar-refractivity contribution in [3.05, 3.63) is 0 Å². The van der Waals surface area contributed by atoms with E-state index >= 15 is 0 Å². The first-order valence-corrected chi connectivity index (χ1v) is 18.9. The maximum absolute atomic E-state index is 6.58. The van der Waals surface area contributed by atoms with Crippen LogP contribution in [0.5, 0.6) is 0 Å². The molecule has 0 N–H and O–H groups in total. The first kappa shape index (κ1) is 39.0. The van der Waals surface area contributed by atoms with Crippen LogP contribution in [-0.4, -0.2) is 12.2 Å². The number of unbranched alkanes of at least 4 members (excludes halogenated alkanes) is 26. The van der Waals surface area contributed by atoms with Crippen molar-refractivity contribution in [3.63, 3.8) is 0 Å². The van der Waals surface area contributed by atoms with Crippen LogP contribution in [0.2, 0.25) is 0 Å². The summed E-state index contributed by atoms with van der Waals surface area (Å²) in [7, 11) is 0. The van der Waals surface area contributed by atoms with Crippen LogP contribution in [-0.2, 0) is 4.74 Å². The van der Waals surface area contributed by atoms with Crippen molar-refractivity contribution in [2.75, 3.05) is 0 Å². The Morgan fingerprint density at radius 3 is 0.692 bits per heavy atom. The standard InChI is InChI=1S/C38H78O/c1-5-9-11-13-15-17-19-21-23-25-27-29-31-33-35-37(7-3)39-38(8-4)36-34-32-30-28-26-24-22-20-18-16-14-12-10-6-2/h37-38H,5-36H2,1-4H3. The first-order chi connectivity index (χ1) is 19.3. The molecule has 0 saturated carbocycles. The van der Waals surface area contributed by atoms with Gasteiger partial charge >= 0.3 is 0 Å². The molecule has 2 unspecified atom stereocenters. The number of rotatable bonds is 34. The second-order valence-corrected chi connectivity index (χ2v) is 13.0. The van der Waals surface area contributed by atoms with E-state index in [9.17, 15) is 0 Å². The average molecular weight is 551 g/mol. The molecule has 0 heterocycles. The summed E-state index contributed by atoms with van der Waals surface area (Å²) in [5.74, 6) is 0. The third-order valence-corrected chi connectivity index (χ3v) is 9.05. The van der Waals surface area contributed by atoms with Gasteiger partial charge in [-0.3, -0.25) is 0 Å². The zero-order chi connectivity index (χ0) is 28.5. The lowest BCUT2D eigenvalue weighted by molar-refractivity contribution is -0.0257. The van der Waals surface area contributed by atoms with Gasteiger partial charge in [-0.25, -0.2) is 0 Å². The van der Waals surface area contributed by atoms with Gasteiger partial charge in [0.2, 0.25) is 0 Å². The van der Waals surface area contributed by atoms with Crippen LogP contribution in [0.1, 0.15) is 233 Å². The fourth-order valence-electron chi connectivity index (χ4n) is 6.14. The van der Waals surface area contributed by atoms with Gasteiger partial charge in [0, 0.05) is 0 Å². The molecule has 236 valence electrons. The lowest BCUT2D eigenvalue weighted by Gasteiger charge is -2.23. The maximum atomic E-state index is 6.58. The van der Waals surface area contributed by atoms with Gasteiger partial charge in [-0.15, -0.1) is 0 Å². The van der Waals surface area contributed by atoms with Crippen LogP contribution in [0.25, 0.3) is 0 Å². The second kappa shape index (κ2) is 34.2. The van der Waals surface area contributed by atoms with E-state index in [1.54, 1.807) is 0 Å². The van der Waals surface area contributed by atoms with E-state index in [2.05, 4.69) is 27.7 Å². The highest BCUT2D eigenvalue weighted by Crippen LogP contribution is 2.20. The van der Waals surface area contributed by atoms with E-state index < -0.39 is 0 Å². The molecule has 0 rings (SSSR count). The van der Waals surface area contributed by atoms with Crippen molar-refractivity contribution >= 4 is 0 Å². The summed E-state index contributed by atoms with van der Waals surface area (Å²) in [5.41, 5.74) is 0. The van der Waals surface area contributed by atoms with Crippen molar-refractivity contribution in [1.82, 2.24) is 0 Å². The Balaban J connectivity index is 3.51. The van der Waals surface area contributed by atoms with Crippen LogP contribution in [0, 0.1) is 0 Å². The van der Waals surface area contributed by atoms with E-state index in [1.807, 2.05) is 0 Å². The molecular weight excluding hydrogens is 472 g/mol. The summed E-state index contributed by atoms with van der Waals surface area (Å²) in [5, 5.41) is 0.